The Bertz CT molecular complexity index is 3410. The maximum Gasteiger partial charge on any atom is 0.0171 e. The smallest absolute Gasteiger partial charge is 0.0171 e. The second-order valence-corrected chi connectivity index (χ2v) is 16.3. The summed E-state index contributed by atoms with van der Waals surface area (Å²) in [4.78, 5) is 0. The highest BCUT2D eigenvalue weighted by molar-refractivity contribution is 6.25. The van der Waals surface area contributed by atoms with E-state index in [1.165, 1.54) is 120 Å². The van der Waals surface area contributed by atoms with Crippen LogP contribution in [-0.4, -0.2) is 0 Å². The van der Waals surface area contributed by atoms with E-state index in [9.17, 15) is 0 Å². The molecule has 12 rings (SSSR count). The molecular weight excluding hydrogens is 685 g/mol. The average Bonchev–Trinajstić information content (AvgIpc) is 3.52. The SMILES string of the molecule is CC1(C)c2c(-c3ccc(-c4c5ccccc5c(-c5cccc6c5ccc5ccccc56)c5ccccc45)cc3)cccc2-c2c1c1ccccc1c1ccccc21. The van der Waals surface area contributed by atoms with E-state index in [0.717, 1.165) is 0 Å². The van der Waals surface area contributed by atoms with Gasteiger partial charge in [-0.05, 0) is 120 Å². The molecule has 0 saturated heterocycles. The fourth-order valence-electron chi connectivity index (χ4n) is 10.7. The van der Waals surface area contributed by atoms with Crippen LogP contribution in [0.4, 0.5) is 0 Å². The first kappa shape index (κ1) is 32.2. The van der Waals surface area contributed by atoms with Gasteiger partial charge in [0.15, 0.2) is 0 Å². The summed E-state index contributed by atoms with van der Waals surface area (Å²) in [6.07, 6.45) is 0. The zero-order chi connectivity index (χ0) is 37.8. The Hall–Kier alpha value is -7.02. The monoisotopic (exact) mass is 722 g/mol. The molecule has 11 aromatic carbocycles. The van der Waals surface area contributed by atoms with Gasteiger partial charge in [0.1, 0.15) is 0 Å². The van der Waals surface area contributed by atoms with Crippen molar-refractivity contribution in [3.63, 3.8) is 0 Å². The molecule has 0 bridgehead atoms. The van der Waals surface area contributed by atoms with E-state index in [1.807, 2.05) is 0 Å². The first-order chi connectivity index (χ1) is 28.1. The molecule has 266 valence electrons. The second kappa shape index (κ2) is 12.0. The largest absolute Gasteiger partial charge is 0.0616 e. The molecule has 0 radical (unpaired) electrons. The minimum Gasteiger partial charge on any atom is -0.0616 e. The highest BCUT2D eigenvalue weighted by Crippen LogP contribution is 2.57. The van der Waals surface area contributed by atoms with E-state index in [-0.39, 0.29) is 5.41 Å². The molecule has 11 aromatic rings. The average molecular weight is 723 g/mol. The molecule has 0 aliphatic heterocycles. The van der Waals surface area contributed by atoms with E-state index >= 15 is 0 Å². The standard InChI is InChI=1S/C57H38/c1-57(2)55-39(25-13-28-51(55)54-45-19-7-5-17-41(45)42-18-6-12-24-50(42)56(54)57)36-29-31-37(32-30-36)52-46-20-8-10-22-48(46)53(49-23-11-9-21-47(49)52)44-27-14-26-40-38-16-4-3-15-35(38)33-34-43(40)44/h3-34H,1-2H3. The van der Waals surface area contributed by atoms with Crippen LogP contribution in [-0.2, 0) is 5.41 Å². The van der Waals surface area contributed by atoms with Crippen LogP contribution in [0.5, 0.6) is 0 Å². The van der Waals surface area contributed by atoms with Gasteiger partial charge in [-0.3, -0.25) is 0 Å². The maximum absolute atomic E-state index is 2.43. The van der Waals surface area contributed by atoms with Crippen LogP contribution in [0.3, 0.4) is 0 Å². The maximum atomic E-state index is 2.43. The van der Waals surface area contributed by atoms with E-state index in [1.54, 1.807) is 0 Å². The molecule has 0 amide bonds. The Balaban J connectivity index is 1.05. The van der Waals surface area contributed by atoms with E-state index < -0.39 is 0 Å². The van der Waals surface area contributed by atoms with Crippen LogP contribution < -0.4 is 0 Å². The summed E-state index contributed by atoms with van der Waals surface area (Å²) in [5, 5.41) is 15.6. The number of rotatable bonds is 3. The topological polar surface area (TPSA) is 0 Å². The van der Waals surface area contributed by atoms with Crippen molar-refractivity contribution in [1.29, 1.82) is 0 Å². The lowest BCUT2D eigenvalue weighted by molar-refractivity contribution is 0.668. The highest BCUT2D eigenvalue weighted by atomic mass is 14.4. The molecule has 0 heterocycles. The third-order valence-corrected chi connectivity index (χ3v) is 13.0. The first-order valence-electron chi connectivity index (χ1n) is 20.1. The van der Waals surface area contributed by atoms with Gasteiger partial charge in [-0.1, -0.05) is 208 Å². The fraction of sp³-hybridized carbons (Fsp3) is 0.0526. The molecule has 0 unspecified atom stereocenters. The molecule has 0 aromatic heterocycles. The van der Waals surface area contributed by atoms with Crippen molar-refractivity contribution in [3.8, 4) is 44.5 Å². The Morgan fingerprint density at radius 3 is 1.35 bits per heavy atom. The van der Waals surface area contributed by atoms with Crippen LogP contribution in [0.1, 0.15) is 25.0 Å². The summed E-state index contributed by atoms with van der Waals surface area (Å²) in [6, 6.07) is 72.4. The van der Waals surface area contributed by atoms with E-state index in [4.69, 9.17) is 0 Å². The van der Waals surface area contributed by atoms with Crippen molar-refractivity contribution < 1.29 is 0 Å². The van der Waals surface area contributed by atoms with Gasteiger partial charge in [0.05, 0.1) is 0 Å². The zero-order valence-corrected chi connectivity index (χ0v) is 32.0. The van der Waals surface area contributed by atoms with Gasteiger partial charge in [-0.25, -0.2) is 0 Å². The summed E-state index contributed by atoms with van der Waals surface area (Å²) in [5.41, 5.74) is 13.1. The van der Waals surface area contributed by atoms with Gasteiger partial charge in [0.25, 0.3) is 0 Å². The minimum absolute atomic E-state index is 0.181. The van der Waals surface area contributed by atoms with Gasteiger partial charge in [-0.15, -0.1) is 0 Å². The highest BCUT2D eigenvalue weighted by Gasteiger charge is 2.40. The zero-order valence-electron chi connectivity index (χ0n) is 32.0. The molecule has 0 N–H and O–H groups in total. The molecule has 0 saturated carbocycles. The van der Waals surface area contributed by atoms with Crippen LogP contribution in [0, 0.1) is 0 Å². The van der Waals surface area contributed by atoms with Gasteiger partial charge >= 0.3 is 0 Å². The van der Waals surface area contributed by atoms with Gasteiger partial charge in [0.2, 0.25) is 0 Å². The summed E-state index contributed by atoms with van der Waals surface area (Å²) in [7, 11) is 0. The summed E-state index contributed by atoms with van der Waals surface area (Å²) < 4.78 is 0. The first-order valence-corrected chi connectivity index (χ1v) is 20.1. The predicted molar refractivity (Wildman–Crippen MR) is 245 cm³/mol. The van der Waals surface area contributed by atoms with Crippen molar-refractivity contribution in [2.75, 3.05) is 0 Å². The number of hydrogen-bond acceptors (Lipinski definition) is 0. The number of fused-ring (bicyclic) bond motifs is 13. The van der Waals surface area contributed by atoms with Crippen molar-refractivity contribution in [1.82, 2.24) is 0 Å². The molecule has 0 fully saturated rings. The van der Waals surface area contributed by atoms with E-state index in [2.05, 4.69) is 208 Å². The Kier molecular flexibility index (Phi) is 6.78. The summed E-state index contributed by atoms with van der Waals surface area (Å²) in [5.74, 6) is 0. The van der Waals surface area contributed by atoms with Crippen LogP contribution in [0.2, 0.25) is 0 Å². The van der Waals surface area contributed by atoms with Crippen molar-refractivity contribution in [3.05, 3.63) is 205 Å². The quantitative estimate of drug-likeness (QED) is 0.126. The summed E-state index contributed by atoms with van der Waals surface area (Å²) >= 11 is 0. The van der Waals surface area contributed by atoms with Crippen LogP contribution in [0.25, 0.3) is 109 Å². The van der Waals surface area contributed by atoms with Crippen molar-refractivity contribution in [2.45, 2.75) is 19.3 Å². The molecule has 0 nitrogen and oxygen atoms in total. The third-order valence-electron chi connectivity index (χ3n) is 13.0. The van der Waals surface area contributed by atoms with E-state index in [0.29, 0.717) is 0 Å². The number of benzene rings is 11. The third kappa shape index (κ3) is 4.50. The van der Waals surface area contributed by atoms with Gasteiger partial charge < -0.3 is 0 Å². The molecular formula is C57H38. The molecule has 0 heteroatoms. The van der Waals surface area contributed by atoms with Crippen LogP contribution in [0.15, 0.2) is 194 Å². The molecule has 0 spiro atoms. The van der Waals surface area contributed by atoms with Crippen molar-refractivity contribution >= 4 is 64.6 Å². The number of hydrogen-bond donors (Lipinski definition) is 0. The normalized spacial score (nSPS) is 13.2. The lowest BCUT2D eigenvalue weighted by Gasteiger charge is -2.26. The molecule has 0 atom stereocenters. The predicted octanol–water partition coefficient (Wildman–Crippen LogP) is 15.9. The Morgan fingerprint density at radius 1 is 0.246 bits per heavy atom. The van der Waals surface area contributed by atoms with Crippen LogP contribution >= 0.6 is 0 Å². The molecule has 1 aliphatic carbocycles. The van der Waals surface area contributed by atoms with Gasteiger partial charge in [0, 0.05) is 5.41 Å². The fourth-order valence-corrected chi connectivity index (χ4v) is 10.7. The molecule has 57 heavy (non-hydrogen) atoms. The lowest BCUT2D eigenvalue weighted by Crippen LogP contribution is -2.17. The Morgan fingerprint density at radius 2 is 0.684 bits per heavy atom. The second-order valence-electron chi connectivity index (χ2n) is 16.3. The van der Waals surface area contributed by atoms with Gasteiger partial charge in [-0.2, -0.15) is 0 Å². The Labute approximate surface area is 332 Å². The lowest BCUT2D eigenvalue weighted by atomic mass is 9.76. The van der Waals surface area contributed by atoms with Crippen molar-refractivity contribution in [2.24, 2.45) is 0 Å². The summed E-state index contributed by atoms with van der Waals surface area (Å²) in [6.45, 7) is 4.85. The minimum atomic E-state index is -0.181. The molecule has 1 aliphatic rings.